The van der Waals surface area contributed by atoms with Crippen LogP contribution >= 0.6 is 0 Å². The summed E-state index contributed by atoms with van der Waals surface area (Å²) in [6.45, 7) is 21.1. The van der Waals surface area contributed by atoms with Gasteiger partial charge in [-0.15, -0.1) is 0 Å². The van der Waals surface area contributed by atoms with Crippen molar-refractivity contribution in [3.63, 3.8) is 0 Å². The zero-order valence-corrected chi connectivity index (χ0v) is 81.7. The van der Waals surface area contributed by atoms with Crippen LogP contribution in [0.2, 0.25) is 0 Å². The number of esters is 7. The molecule has 4 saturated heterocycles. The lowest BCUT2D eigenvalue weighted by Crippen LogP contribution is -2.60. The highest BCUT2D eigenvalue weighted by atomic mass is 16.7. The summed E-state index contributed by atoms with van der Waals surface area (Å²) in [6, 6.07) is 17.5. The van der Waals surface area contributed by atoms with Crippen molar-refractivity contribution in [2.24, 2.45) is 11.8 Å². The fourth-order valence-corrected chi connectivity index (χ4v) is 15.7. The number of carbonyl (C=O) groups is 14. The van der Waals surface area contributed by atoms with Crippen LogP contribution < -0.4 is 39.6 Å². The number of likely N-dealkylation sites (tertiary alicyclic amines) is 2. The first-order valence-electron chi connectivity index (χ1n) is 45.5. The summed E-state index contributed by atoms with van der Waals surface area (Å²) < 4.78 is 120. The van der Waals surface area contributed by atoms with Crippen LogP contribution in [0, 0.1) is 18.8 Å². The Bertz CT molecular complexity index is 5320. The number of ether oxygens (including phenoxy) is 21. The van der Waals surface area contributed by atoms with Crippen LogP contribution in [0.15, 0.2) is 103 Å². The van der Waals surface area contributed by atoms with Gasteiger partial charge in [0, 0.05) is 97.7 Å². The molecule has 4 heterocycles. The number of carbonyl (C=O) groups excluding carboxylic acids is 14. The maximum absolute atomic E-state index is 14.9. The first kappa shape index (κ1) is 111. The molecule has 4 fully saturated rings. The summed E-state index contributed by atoms with van der Waals surface area (Å²) >= 11 is 0. The second-order valence-corrected chi connectivity index (χ2v) is 34.8. The molecule has 0 bridgehead atoms. The Morgan fingerprint density at radius 3 is 1.45 bits per heavy atom. The van der Waals surface area contributed by atoms with E-state index in [1.807, 2.05) is 0 Å². The van der Waals surface area contributed by atoms with Gasteiger partial charge in [0.25, 0.3) is 11.8 Å². The lowest BCUT2D eigenvalue weighted by Gasteiger charge is -2.43. The minimum atomic E-state index is -1.70. The van der Waals surface area contributed by atoms with Gasteiger partial charge in [0.2, 0.25) is 24.6 Å². The highest BCUT2D eigenvalue weighted by Gasteiger charge is 2.53. The van der Waals surface area contributed by atoms with Gasteiger partial charge in [0.15, 0.2) is 41.4 Å². The number of benzene rings is 5. The summed E-state index contributed by atoms with van der Waals surface area (Å²) in [6.07, 6.45) is -11.9. The Kier molecular flexibility index (Phi) is 42.2. The van der Waals surface area contributed by atoms with Crippen molar-refractivity contribution in [2.75, 3.05) is 130 Å². The number of aryl methyl sites for hydroxylation is 1. The molecule has 0 aliphatic carbocycles. The Hall–Kier alpha value is -13.2. The van der Waals surface area contributed by atoms with Crippen LogP contribution in [0.1, 0.15) is 177 Å². The molecule has 42 nitrogen and oxygen atoms in total. The molecule has 4 aliphatic heterocycles. The number of amides is 5. The molecular weight excluding hydrogens is 1850 g/mol. The van der Waals surface area contributed by atoms with Crippen LogP contribution in [0.5, 0.6) is 28.7 Å². The van der Waals surface area contributed by atoms with Crippen LogP contribution in [-0.2, 0) is 141 Å². The number of ketones is 2. The summed E-state index contributed by atoms with van der Waals surface area (Å²) in [5, 5.41) is 29.2. The number of hydrogen-bond acceptors (Lipinski definition) is 37. The lowest BCUT2D eigenvalue weighted by molar-refractivity contribution is -0.263. The largest absolute Gasteiger partial charge is 0.493 e. The van der Waals surface area contributed by atoms with Crippen LogP contribution in [-0.4, -0.2) is 284 Å². The van der Waals surface area contributed by atoms with Gasteiger partial charge in [-0.05, 0) is 143 Å². The van der Waals surface area contributed by atoms with E-state index in [1.165, 1.54) is 113 Å². The fourth-order valence-electron chi connectivity index (χ4n) is 15.7. The predicted octanol–water partition coefficient (Wildman–Crippen LogP) is 9.68. The van der Waals surface area contributed by atoms with E-state index in [9.17, 15) is 77.3 Å². The first-order chi connectivity index (χ1) is 67.1. The molecule has 12 atom stereocenters. The van der Waals surface area contributed by atoms with Crippen LogP contribution in [0.4, 0.5) is 26.7 Å². The number of rotatable bonds is 49. The van der Waals surface area contributed by atoms with Gasteiger partial charge in [0.1, 0.15) is 75.2 Å². The molecule has 42 heteroatoms. The van der Waals surface area contributed by atoms with Crippen molar-refractivity contribution in [3.05, 3.63) is 153 Å². The van der Waals surface area contributed by atoms with Crippen LogP contribution in [0.3, 0.4) is 0 Å². The standard InChI is InChI=1S/C99H125N5O37/c1-54-32-69(45-105)103(43-54)92(116)71-34-56(3)81(41-75(71)101-97(119)131-47-64-22-24-79(73(38-64)78(112)21-19-27-126-53-86(115)141-99(11,12)13)138-95-58(5)88(135-61(8)108)89(136-62(9)109)90(140-95)94(118)124-17)129-49-66-35-67(37-68(36-66)100-84(113)51-127-30-28-125-29-31-128-52-85(114)123-16)50-130-83-42-76(72(40-82(83)122-15)93(117)104-44-55(2)33-70(104)46-106)102-98(120)132-48-65-23-25-80(74(39-65)77(111)20-18-26-121-14)139-96-91(137-63(10)110)87(134-60(7)107)57(4)59(6)133-96/h22-25,34-42,57-59,69-70,87-91,95-96,105-106H,1-2,18-21,26-33,43-53H2,3-17H3,(H,100,113)(H,101,119)(H,102,120)/t57-,58-,59-,69+,70+,87+,88-,89+,90+,91-,95?,96+/m1/s1. The molecule has 768 valence electrons. The van der Waals surface area contributed by atoms with Gasteiger partial charge in [-0.1, -0.05) is 50.3 Å². The van der Waals surface area contributed by atoms with E-state index < -0.39 is 202 Å². The lowest BCUT2D eigenvalue weighted by atomic mass is 9.91. The van der Waals surface area contributed by atoms with Crippen molar-refractivity contribution in [1.29, 1.82) is 0 Å². The molecule has 0 aromatic heterocycles. The number of Topliss-reactive ketones (excluding diaryl/α,β-unsaturated/α-hetero) is 2. The van der Waals surface area contributed by atoms with Gasteiger partial charge < -0.3 is 125 Å². The van der Waals surface area contributed by atoms with E-state index in [4.69, 9.17) is 94.7 Å². The number of methoxy groups -OCH3 is 4. The minimum Gasteiger partial charge on any atom is -0.493 e. The number of nitrogens with one attached hydrogen (secondary N) is 3. The SMILES string of the molecule is C=C1C[C@@H](CO)N(C(=O)c2cc(C)c(OCc3cc(COc4cc(NC(=O)OCc5ccc(O[C@@H]6O[C@H](C)[C@@H](C)[C@H](OC(C)=O)[C@H]6OC(C)=O)c(C(=O)CCCOC)c5)c(C(=O)N5CC(=C)C[C@H]5CO)cc4OC)cc(NC(=O)COCCOCCOCC(=O)OC)c3)cc2NC(=O)OCc2ccc(OC3O[C@H](C(=O)OC)[C@@H](OC(C)=O)[C@H](OC(C)=O)[C@H]3C)c(C(=O)CCCOCC(=O)OC(C)(C)C)c2)C1. The third kappa shape index (κ3) is 33.0. The molecular formula is C99H125N5O37. The van der Waals surface area contributed by atoms with Crippen molar-refractivity contribution >= 4 is 100 Å². The monoisotopic (exact) mass is 1980 g/mol. The average Bonchev–Trinajstić information content (AvgIpc) is 0.926. The molecule has 5 aromatic rings. The highest BCUT2D eigenvalue weighted by molar-refractivity contribution is 6.06. The van der Waals surface area contributed by atoms with E-state index in [-0.39, 0.29) is 184 Å². The van der Waals surface area contributed by atoms with Crippen molar-refractivity contribution in [3.8, 4) is 28.7 Å². The maximum atomic E-state index is 14.9. The number of aliphatic hydroxyl groups excluding tert-OH is 2. The Morgan fingerprint density at radius 1 is 0.468 bits per heavy atom. The van der Waals surface area contributed by atoms with Gasteiger partial charge in [0.05, 0.1) is 119 Å². The summed E-state index contributed by atoms with van der Waals surface area (Å²) in [5.74, 6) is -9.73. The summed E-state index contributed by atoms with van der Waals surface area (Å²) in [7, 11) is 5.07. The van der Waals surface area contributed by atoms with Gasteiger partial charge in [-0.25, -0.2) is 24.0 Å². The van der Waals surface area contributed by atoms with E-state index in [2.05, 4.69) is 33.8 Å². The van der Waals surface area contributed by atoms with Crippen molar-refractivity contribution in [2.45, 2.75) is 208 Å². The van der Waals surface area contributed by atoms with Gasteiger partial charge in [-0.2, -0.15) is 0 Å². The second kappa shape index (κ2) is 53.4. The smallest absolute Gasteiger partial charge is 0.411 e. The molecule has 1 unspecified atom stereocenters. The van der Waals surface area contributed by atoms with Crippen LogP contribution in [0.25, 0.3) is 0 Å². The predicted molar refractivity (Wildman–Crippen MR) is 497 cm³/mol. The van der Waals surface area contributed by atoms with Gasteiger partial charge >= 0.3 is 54.0 Å². The minimum absolute atomic E-state index is 0.0111. The molecule has 5 amide bonds. The van der Waals surface area contributed by atoms with E-state index in [1.54, 1.807) is 59.7 Å². The summed E-state index contributed by atoms with van der Waals surface area (Å²) in [4.78, 5) is 191. The normalized spacial score (nSPS) is 19.9. The van der Waals surface area contributed by atoms with Crippen molar-refractivity contribution < 1.29 is 177 Å². The zero-order valence-electron chi connectivity index (χ0n) is 81.7. The molecule has 5 aromatic carbocycles. The second-order valence-electron chi connectivity index (χ2n) is 34.8. The number of hydrogen-bond donors (Lipinski definition) is 5. The molecule has 0 radical (unpaired) electrons. The molecule has 0 spiro atoms. The molecule has 5 N–H and O–H groups in total. The average molecular weight is 1980 g/mol. The van der Waals surface area contributed by atoms with Gasteiger partial charge in [-0.3, -0.25) is 53.8 Å². The topological polar surface area (TPSA) is 516 Å². The zero-order chi connectivity index (χ0) is 103. The Labute approximate surface area is 815 Å². The summed E-state index contributed by atoms with van der Waals surface area (Å²) in [5.41, 5.74) is 1.63. The quantitative estimate of drug-likeness (QED) is 0.00794. The number of anilines is 3. The number of aliphatic hydroxyl groups is 2. The molecule has 0 saturated carbocycles. The molecule has 141 heavy (non-hydrogen) atoms. The van der Waals surface area contributed by atoms with Crippen molar-refractivity contribution in [1.82, 2.24) is 9.80 Å². The van der Waals surface area contributed by atoms with E-state index in [0.717, 1.165) is 21.0 Å². The third-order valence-electron chi connectivity index (χ3n) is 22.5. The fraction of sp³-hybridized carbons (Fsp3) is 0.515. The first-order valence-corrected chi connectivity index (χ1v) is 45.5. The Balaban J connectivity index is 1.01. The number of nitrogens with zero attached hydrogens (tertiary/aromatic N) is 2. The third-order valence-corrected chi connectivity index (χ3v) is 22.5. The highest BCUT2D eigenvalue weighted by Crippen LogP contribution is 2.41. The molecule has 4 aliphatic rings. The van der Waals surface area contributed by atoms with E-state index in [0.29, 0.717) is 34.3 Å². The molecule has 9 rings (SSSR count). The van der Waals surface area contributed by atoms with E-state index >= 15 is 0 Å². The maximum Gasteiger partial charge on any atom is 0.411 e. The Morgan fingerprint density at radius 2 is 0.943 bits per heavy atom.